The lowest BCUT2D eigenvalue weighted by Gasteiger charge is -2.32. The van der Waals surface area contributed by atoms with E-state index in [-0.39, 0.29) is 22.9 Å². The van der Waals surface area contributed by atoms with Gasteiger partial charge in [-0.1, -0.05) is 6.92 Å². The molecule has 0 spiro atoms. The van der Waals surface area contributed by atoms with Gasteiger partial charge in [-0.15, -0.1) is 0 Å². The summed E-state index contributed by atoms with van der Waals surface area (Å²) in [6.07, 6.45) is 0.947. The summed E-state index contributed by atoms with van der Waals surface area (Å²) in [6.45, 7) is 4.85. The van der Waals surface area contributed by atoms with Crippen molar-refractivity contribution in [3.05, 3.63) is 44.0 Å². The van der Waals surface area contributed by atoms with E-state index in [1.54, 1.807) is 0 Å². The van der Waals surface area contributed by atoms with Gasteiger partial charge in [0.1, 0.15) is 0 Å². The standard InChI is InChI=1S/C18H20N4O7/c1-9-8-20-17(24)15(14-4-3-13(9)18(14,20)2)29-19-16(23)10-5-11(21(25)26)7-12(6-10)22(27)28/h5-7,9,13-15H,3-4,8H2,1-2H3,(H,19,23)/t9-,13+,14-,15+,18-/m1/s1. The van der Waals surface area contributed by atoms with Crippen LogP contribution in [0.2, 0.25) is 0 Å². The molecule has 0 unspecified atom stereocenters. The fourth-order valence-electron chi connectivity index (χ4n) is 5.45. The maximum Gasteiger partial charge on any atom is 0.277 e. The minimum atomic E-state index is -0.885. The molecule has 29 heavy (non-hydrogen) atoms. The van der Waals surface area contributed by atoms with Crippen LogP contribution in [0.25, 0.3) is 0 Å². The van der Waals surface area contributed by atoms with E-state index in [2.05, 4.69) is 19.3 Å². The van der Waals surface area contributed by atoms with Gasteiger partial charge in [-0.3, -0.25) is 34.7 Å². The molecule has 1 aromatic rings. The number of carbonyl (C=O) groups is 2. The van der Waals surface area contributed by atoms with E-state index in [1.807, 2.05) is 4.90 Å². The molecule has 2 aliphatic heterocycles. The highest BCUT2D eigenvalue weighted by Crippen LogP contribution is 2.58. The molecule has 0 radical (unpaired) electrons. The van der Waals surface area contributed by atoms with E-state index in [1.165, 1.54) is 0 Å². The van der Waals surface area contributed by atoms with Crippen LogP contribution in [0.15, 0.2) is 18.2 Å². The molecule has 1 saturated carbocycles. The minimum Gasteiger partial charge on any atom is -0.334 e. The molecule has 2 saturated heterocycles. The summed E-state index contributed by atoms with van der Waals surface area (Å²) in [7, 11) is 0. The Morgan fingerprint density at radius 2 is 1.76 bits per heavy atom. The Balaban J connectivity index is 1.52. The van der Waals surface area contributed by atoms with Crippen molar-refractivity contribution in [2.75, 3.05) is 6.54 Å². The zero-order chi connectivity index (χ0) is 21.1. The first kappa shape index (κ1) is 19.2. The maximum atomic E-state index is 12.8. The van der Waals surface area contributed by atoms with Crippen molar-refractivity contribution in [2.45, 2.75) is 38.3 Å². The molecule has 11 heteroatoms. The monoisotopic (exact) mass is 404 g/mol. The average Bonchev–Trinajstić information content (AvgIpc) is 3.22. The molecule has 4 rings (SSSR count). The van der Waals surface area contributed by atoms with Gasteiger partial charge in [0.05, 0.1) is 21.5 Å². The van der Waals surface area contributed by atoms with Crippen LogP contribution in [0.5, 0.6) is 0 Å². The molecule has 11 nitrogen and oxygen atoms in total. The summed E-state index contributed by atoms with van der Waals surface area (Å²) in [5.74, 6) is -0.332. The predicted molar refractivity (Wildman–Crippen MR) is 97.6 cm³/mol. The second-order valence-electron chi connectivity index (χ2n) is 8.16. The molecule has 1 N–H and O–H groups in total. The van der Waals surface area contributed by atoms with Crippen molar-refractivity contribution in [3.8, 4) is 0 Å². The minimum absolute atomic E-state index is 0.0651. The third-order valence-electron chi connectivity index (χ3n) is 6.77. The second kappa shape index (κ2) is 6.48. The van der Waals surface area contributed by atoms with Gasteiger partial charge in [-0.2, -0.15) is 0 Å². The van der Waals surface area contributed by atoms with Crippen LogP contribution in [0, 0.1) is 38.0 Å². The SMILES string of the molecule is C[C@@H]1CN2C(=O)[C@@H](ONC(=O)c3cc([N+](=O)[O-])cc([N+](=O)[O-])c3)[C@H]3CC[C@@H]1[C@]32C. The molecule has 3 fully saturated rings. The van der Waals surface area contributed by atoms with Crippen molar-refractivity contribution >= 4 is 23.2 Å². The van der Waals surface area contributed by atoms with Crippen molar-refractivity contribution in [3.63, 3.8) is 0 Å². The van der Waals surface area contributed by atoms with Crippen LogP contribution in [0.4, 0.5) is 11.4 Å². The number of hydroxylamine groups is 1. The van der Waals surface area contributed by atoms with Gasteiger partial charge < -0.3 is 4.90 Å². The molecule has 2 amide bonds. The predicted octanol–water partition coefficient (Wildman–Crippen LogP) is 1.81. The number of nitrogens with zero attached hydrogens (tertiary/aromatic N) is 3. The first-order valence-corrected chi connectivity index (χ1v) is 9.36. The lowest BCUT2D eigenvalue weighted by molar-refractivity contribution is -0.394. The zero-order valence-corrected chi connectivity index (χ0v) is 15.9. The van der Waals surface area contributed by atoms with Crippen LogP contribution < -0.4 is 5.48 Å². The van der Waals surface area contributed by atoms with Gasteiger partial charge in [0, 0.05) is 30.1 Å². The molecule has 154 valence electrons. The van der Waals surface area contributed by atoms with E-state index in [4.69, 9.17) is 4.84 Å². The molecule has 0 bridgehead atoms. The molecular weight excluding hydrogens is 384 g/mol. The van der Waals surface area contributed by atoms with Gasteiger partial charge >= 0.3 is 0 Å². The van der Waals surface area contributed by atoms with Crippen LogP contribution >= 0.6 is 0 Å². The summed E-state index contributed by atoms with van der Waals surface area (Å²) < 4.78 is 0. The van der Waals surface area contributed by atoms with Crippen LogP contribution in [0.1, 0.15) is 37.0 Å². The third kappa shape index (κ3) is 2.76. The summed E-state index contributed by atoms with van der Waals surface area (Å²) in [5.41, 5.74) is 0.423. The maximum absolute atomic E-state index is 12.8. The van der Waals surface area contributed by atoms with Crippen molar-refractivity contribution in [1.82, 2.24) is 10.4 Å². The Morgan fingerprint density at radius 3 is 2.34 bits per heavy atom. The number of nitro benzene ring substituents is 2. The van der Waals surface area contributed by atoms with Crippen molar-refractivity contribution in [1.29, 1.82) is 0 Å². The zero-order valence-electron chi connectivity index (χ0n) is 15.9. The van der Waals surface area contributed by atoms with Gasteiger partial charge in [-0.05, 0) is 31.6 Å². The second-order valence-corrected chi connectivity index (χ2v) is 8.16. The van der Waals surface area contributed by atoms with Gasteiger partial charge in [0.25, 0.3) is 23.2 Å². The van der Waals surface area contributed by atoms with E-state index < -0.39 is 33.2 Å². The number of nitro groups is 2. The molecule has 2 heterocycles. The summed E-state index contributed by atoms with van der Waals surface area (Å²) >= 11 is 0. The molecule has 3 aliphatic rings. The Morgan fingerprint density at radius 1 is 1.17 bits per heavy atom. The van der Waals surface area contributed by atoms with Crippen LogP contribution in [-0.4, -0.2) is 44.7 Å². The Bertz CT molecular complexity index is 903. The van der Waals surface area contributed by atoms with Crippen LogP contribution in [0.3, 0.4) is 0 Å². The number of amides is 2. The molecule has 1 aromatic carbocycles. The van der Waals surface area contributed by atoms with Crippen LogP contribution in [-0.2, 0) is 9.63 Å². The summed E-state index contributed by atoms with van der Waals surface area (Å²) in [6, 6.07) is 2.62. The molecule has 5 atom stereocenters. The Kier molecular flexibility index (Phi) is 4.30. The lowest BCUT2D eigenvalue weighted by Crippen LogP contribution is -2.42. The normalized spacial score (nSPS) is 32.3. The average molecular weight is 404 g/mol. The van der Waals surface area contributed by atoms with Gasteiger partial charge in [0.2, 0.25) is 0 Å². The fraction of sp³-hybridized carbons (Fsp3) is 0.556. The number of rotatable bonds is 5. The van der Waals surface area contributed by atoms with Crippen molar-refractivity contribution < 1.29 is 24.3 Å². The third-order valence-corrected chi connectivity index (χ3v) is 6.77. The van der Waals surface area contributed by atoms with Gasteiger partial charge in [-0.25, -0.2) is 5.48 Å². The highest BCUT2D eigenvalue weighted by atomic mass is 16.7. The van der Waals surface area contributed by atoms with Crippen molar-refractivity contribution in [2.24, 2.45) is 17.8 Å². The lowest BCUT2D eigenvalue weighted by atomic mass is 9.80. The highest BCUT2D eigenvalue weighted by molar-refractivity contribution is 5.95. The number of benzene rings is 1. The number of non-ortho nitro benzene ring substituents is 2. The number of hydrogen-bond acceptors (Lipinski definition) is 7. The topological polar surface area (TPSA) is 145 Å². The number of nitrogens with one attached hydrogen (secondary N) is 1. The first-order valence-electron chi connectivity index (χ1n) is 9.36. The quantitative estimate of drug-likeness (QED) is 0.582. The van der Waals surface area contributed by atoms with E-state index in [9.17, 15) is 29.8 Å². The number of hydrogen-bond donors (Lipinski definition) is 1. The molecule has 1 aliphatic carbocycles. The number of carbonyl (C=O) groups excluding carboxylic acids is 2. The van der Waals surface area contributed by atoms with E-state index in [0.29, 0.717) is 18.4 Å². The first-order chi connectivity index (χ1) is 13.6. The molecule has 0 aromatic heterocycles. The summed E-state index contributed by atoms with van der Waals surface area (Å²) in [5, 5.41) is 22.0. The smallest absolute Gasteiger partial charge is 0.277 e. The van der Waals surface area contributed by atoms with E-state index >= 15 is 0 Å². The van der Waals surface area contributed by atoms with E-state index in [0.717, 1.165) is 31.0 Å². The summed E-state index contributed by atoms with van der Waals surface area (Å²) in [4.78, 5) is 52.9. The largest absolute Gasteiger partial charge is 0.334 e. The molecular formula is C18H20N4O7. The Hall–Kier alpha value is -3.08. The fourth-order valence-corrected chi connectivity index (χ4v) is 5.45. The Labute approximate surface area is 165 Å². The highest BCUT2D eigenvalue weighted by Gasteiger charge is 2.67. The van der Waals surface area contributed by atoms with Gasteiger partial charge in [0.15, 0.2) is 6.10 Å².